The number of hydrogen-bond acceptors (Lipinski definition) is 3. The predicted octanol–water partition coefficient (Wildman–Crippen LogP) is 4.60. The zero-order chi connectivity index (χ0) is 17.9. The highest BCUT2D eigenvalue weighted by Gasteiger charge is 1.97. The maximum absolute atomic E-state index is 10.4. The third-order valence-electron chi connectivity index (χ3n) is 4.24. The van der Waals surface area contributed by atoms with E-state index in [9.17, 15) is 9.59 Å². The normalized spacial score (nSPS) is 10.8. The molecular weight excluding hydrogens is 306 g/mol. The van der Waals surface area contributed by atoms with Crippen molar-refractivity contribution in [1.29, 1.82) is 0 Å². The molecule has 0 saturated heterocycles. The highest BCUT2D eigenvalue weighted by atomic mass is 16.4. The molecule has 0 aromatic heterocycles. The average molecular weight is 344 g/mol. The molecule has 0 rings (SSSR count). The molecule has 0 aliphatic rings. The second-order valence-electron chi connectivity index (χ2n) is 6.63. The molecule has 5 nitrogen and oxygen atoms in total. The largest absolute Gasteiger partial charge is 0.481 e. The van der Waals surface area contributed by atoms with Crippen molar-refractivity contribution in [1.82, 2.24) is 5.32 Å². The predicted molar refractivity (Wildman–Crippen MR) is 97.4 cm³/mol. The van der Waals surface area contributed by atoms with Crippen molar-refractivity contribution in [3.8, 4) is 0 Å². The molecule has 0 radical (unpaired) electrons. The molecule has 0 aliphatic carbocycles. The van der Waals surface area contributed by atoms with Crippen LogP contribution in [-0.4, -0.2) is 35.2 Å². The van der Waals surface area contributed by atoms with Crippen molar-refractivity contribution < 1.29 is 19.8 Å². The molecule has 0 aliphatic heterocycles. The van der Waals surface area contributed by atoms with Gasteiger partial charge in [-0.1, -0.05) is 64.2 Å². The van der Waals surface area contributed by atoms with Crippen LogP contribution in [-0.2, 0) is 9.59 Å². The Morgan fingerprint density at radius 2 is 0.833 bits per heavy atom. The first-order chi connectivity index (χ1) is 11.6. The fourth-order valence-electron chi connectivity index (χ4n) is 2.78. The number of carboxylic acids is 2. The molecule has 0 heterocycles. The third-order valence-corrected chi connectivity index (χ3v) is 4.24. The number of nitrogens with one attached hydrogen (secondary N) is 1. The lowest BCUT2D eigenvalue weighted by Gasteiger charge is -2.04. The summed E-state index contributed by atoms with van der Waals surface area (Å²) in [4.78, 5) is 20.7. The standard InChI is InChI=1S/C19H37NO4/c21-18(22)14-11-9-7-5-3-1-2-4-6-8-10-12-16-20-17-13-15-19(23)24/h20H,1-17H2,(H,21,22)(H,23,24). The first kappa shape index (κ1) is 22.9. The van der Waals surface area contributed by atoms with E-state index in [1.54, 1.807) is 0 Å². The van der Waals surface area contributed by atoms with E-state index >= 15 is 0 Å². The van der Waals surface area contributed by atoms with Gasteiger partial charge in [-0.05, 0) is 32.4 Å². The number of carbonyl (C=O) groups is 2. The van der Waals surface area contributed by atoms with Crippen LogP contribution in [0, 0.1) is 0 Å². The van der Waals surface area contributed by atoms with Crippen LogP contribution in [0.5, 0.6) is 0 Å². The highest BCUT2D eigenvalue weighted by molar-refractivity contribution is 5.66. The van der Waals surface area contributed by atoms with Crippen LogP contribution >= 0.6 is 0 Å². The van der Waals surface area contributed by atoms with Gasteiger partial charge >= 0.3 is 11.9 Å². The molecule has 0 saturated carbocycles. The van der Waals surface area contributed by atoms with Crippen molar-refractivity contribution in [3.63, 3.8) is 0 Å². The Labute approximate surface area is 147 Å². The van der Waals surface area contributed by atoms with E-state index in [1.165, 1.54) is 64.2 Å². The molecule has 24 heavy (non-hydrogen) atoms. The summed E-state index contributed by atoms with van der Waals surface area (Å²) in [7, 11) is 0. The SMILES string of the molecule is O=C(O)CCCCCCCCCCCCCCNCCCC(=O)O. The summed E-state index contributed by atoms with van der Waals surface area (Å²) in [6.45, 7) is 1.81. The Balaban J connectivity index is 3.00. The Bertz CT molecular complexity index is 278. The van der Waals surface area contributed by atoms with E-state index in [1.807, 2.05) is 0 Å². The summed E-state index contributed by atoms with van der Waals surface area (Å²) in [5.74, 6) is -1.39. The molecule has 0 atom stereocenters. The molecule has 0 aromatic rings. The van der Waals surface area contributed by atoms with E-state index in [4.69, 9.17) is 10.2 Å². The minimum atomic E-state index is -0.713. The minimum absolute atomic E-state index is 0.259. The monoisotopic (exact) mass is 343 g/mol. The summed E-state index contributed by atoms with van der Waals surface area (Å²) in [5.41, 5.74) is 0. The van der Waals surface area contributed by atoms with Crippen molar-refractivity contribution in [2.45, 2.75) is 96.3 Å². The second-order valence-corrected chi connectivity index (χ2v) is 6.63. The summed E-state index contributed by atoms with van der Waals surface area (Å²) in [6.07, 6.45) is 15.9. The molecule has 0 bridgehead atoms. The Morgan fingerprint density at radius 1 is 0.500 bits per heavy atom. The van der Waals surface area contributed by atoms with Crippen LogP contribution in [0.1, 0.15) is 96.3 Å². The summed E-state index contributed by atoms with van der Waals surface area (Å²) < 4.78 is 0. The first-order valence-electron chi connectivity index (χ1n) is 9.77. The minimum Gasteiger partial charge on any atom is -0.481 e. The van der Waals surface area contributed by atoms with Crippen LogP contribution in [0.2, 0.25) is 0 Å². The quantitative estimate of drug-likeness (QED) is 0.298. The van der Waals surface area contributed by atoms with E-state index in [0.717, 1.165) is 32.4 Å². The van der Waals surface area contributed by atoms with E-state index < -0.39 is 11.9 Å². The van der Waals surface area contributed by atoms with Gasteiger partial charge in [-0.3, -0.25) is 9.59 Å². The van der Waals surface area contributed by atoms with E-state index in [2.05, 4.69) is 5.32 Å². The van der Waals surface area contributed by atoms with Gasteiger partial charge < -0.3 is 15.5 Å². The van der Waals surface area contributed by atoms with Gasteiger partial charge in [0.2, 0.25) is 0 Å². The van der Waals surface area contributed by atoms with E-state index in [0.29, 0.717) is 6.42 Å². The number of rotatable bonds is 19. The zero-order valence-electron chi connectivity index (χ0n) is 15.2. The fourth-order valence-corrected chi connectivity index (χ4v) is 2.78. The van der Waals surface area contributed by atoms with Crippen LogP contribution in [0.3, 0.4) is 0 Å². The molecule has 0 spiro atoms. The molecule has 0 fully saturated rings. The Hall–Kier alpha value is -1.10. The van der Waals surface area contributed by atoms with Crippen molar-refractivity contribution >= 4 is 11.9 Å². The molecule has 0 aromatic carbocycles. The maximum Gasteiger partial charge on any atom is 0.303 e. The van der Waals surface area contributed by atoms with Crippen LogP contribution in [0.4, 0.5) is 0 Å². The number of unbranched alkanes of at least 4 members (excludes halogenated alkanes) is 11. The van der Waals surface area contributed by atoms with Gasteiger partial charge in [0, 0.05) is 12.8 Å². The van der Waals surface area contributed by atoms with Gasteiger partial charge in [0.1, 0.15) is 0 Å². The fraction of sp³-hybridized carbons (Fsp3) is 0.895. The van der Waals surface area contributed by atoms with Crippen molar-refractivity contribution in [2.24, 2.45) is 0 Å². The lowest BCUT2D eigenvalue weighted by atomic mass is 10.0. The molecule has 142 valence electrons. The number of carboxylic acid groups (broad SMARTS) is 2. The molecule has 3 N–H and O–H groups in total. The summed E-state index contributed by atoms with van der Waals surface area (Å²) in [5, 5.41) is 20.3. The van der Waals surface area contributed by atoms with Gasteiger partial charge in [0.25, 0.3) is 0 Å². The lowest BCUT2D eigenvalue weighted by molar-refractivity contribution is -0.138. The highest BCUT2D eigenvalue weighted by Crippen LogP contribution is 2.12. The average Bonchev–Trinajstić information content (AvgIpc) is 2.53. The van der Waals surface area contributed by atoms with Gasteiger partial charge in [-0.2, -0.15) is 0 Å². The van der Waals surface area contributed by atoms with Crippen LogP contribution in [0.15, 0.2) is 0 Å². The number of hydrogen-bond donors (Lipinski definition) is 3. The van der Waals surface area contributed by atoms with Crippen LogP contribution < -0.4 is 5.32 Å². The maximum atomic E-state index is 10.4. The lowest BCUT2D eigenvalue weighted by Crippen LogP contribution is -2.17. The summed E-state index contributed by atoms with van der Waals surface area (Å²) >= 11 is 0. The summed E-state index contributed by atoms with van der Waals surface area (Å²) in [6, 6.07) is 0. The van der Waals surface area contributed by atoms with Gasteiger partial charge in [-0.25, -0.2) is 0 Å². The Morgan fingerprint density at radius 3 is 1.29 bits per heavy atom. The number of aliphatic carboxylic acids is 2. The molecule has 0 amide bonds. The van der Waals surface area contributed by atoms with Gasteiger partial charge in [0.05, 0.1) is 0 Å². The van der Waals surface area contributed by atoms with Crippen molar-refractivity contribution in [3.05, 3.63) is 0 Å². The smallest absolute Gasteiger partial charge is 0.303 e. The first-order valence-corrected chi connectivity index (χ1v) is 9.77. The third kappa shape index (κ3) is 20.9. The van der Waals surface area contributed by atoms with Gasteiger partial charge in [-0.15, -0.1) is 0 Å². The zero-order valence-corrected chi connectivity index (χ0v) is 15.2. The van der Waals surface area contributed by atoms with Crippen LogP contribution in [0.25, 0.3) is 0 Å². The molecule has 0 unspecified atom stereocenters. The van der Waals surface area contributed by atoms with Crippen molar-refractivity contribution in [2.75, 3.05) is 13.1 Å². The van der Waals surface area contributed by atoms with E-state index in [-0.39, 0.29) is 6.42 Å². The molecular formula is C19H37NO4. The van der Waals surface area contributed by atoms with Gasteiger partial charge in [0.15, 0.2) is 0 Å². The topological polar surface area (TPSA) is 86.6 Å². The Kier molecular flexibility index (Phi) is 17.4. The molecule has 5 heteroatoms. The second kappa shape index (κ2) is 18.2.